The van der Waals surface area contributed by atoms with E-state index in [-0.39, 0.29) is 57.4 Å². The Labute approximate surface area is 316 Å². The fraction of sp³-hybridized carbons (Fsp3) is 0.256. The number of hydrogen-bond donors (Lipinski definition) is 0. The molecule has 5 heteroatoms. The average Bonchev–Trinajstić information content (AvgIpc) is 3.67. The number of ether oxygens (including phenoxy) is 2. The molecule has 0 saturated carbocycles. The molecule has 0 aliphatic rings. The van der Waals surface area contributed by atoms with Gasteiger partial charge in [0, 0.05) is 0 Å². The fourth-order valence-electron chi connectivity index (χ4n) is 5.38. The van der Waals surface area contributed by atoms with E-state index in [1.165, 1.54) is 54.9 Å². The minimum Gasteiger partial charge on any atom is -1.00 e. The van der Waals surface area contributed by atoms with Gasteiger partial charge in [-0.2, -0.15) is 12.1 Å². The van der Waals surface area contributed by atoms with Gasteiger partial charge < -0.3 is 54.6 Å². The molecule has 6 aromatic rings. The number of halogens is 2. The molecule has 2 nitrogen and oxygen atoms in total. The SMILES string of the molecule is COc1ccc(-c2cccc3[cH-]c(C(C)(C)C)cc23)cc1.COc1ccc(-c2cccc3[cH-]c(C(C)(C)C)cc23)cc1.[CH2-]C[CH2-].[Cl-].[Cl-].[Ti+2]. The summed E-state index contributed by atoms with van der Waals surface area (Å²) in [5.41, 5.74) is 8.15. The van der Waals surface area contributed by atoms with E-state index in [9.17, 15) is 0 Å². The van der Waals surface area contributed by atoms with E-state index in [4.69, 9.17) is 9.47 Å². The van der Waals surface area contributed by atoms with Crippen molar-refractivity contribution in [1.82, 2.24) is 0 Å². The van der Waals surface area contributed by atoms with Crippen molar-refractivity contribution in [2.75, 3.05) is 14.2 Å². The summed E-state index contributed by atoms with van der Waals surface area (Å²) in [6, 6.07) is 38.9. The molecular formula is C43H48Cl2O2Ti-4. The number of rotatable bonds is 4. The molecule has 0 saturated heterocycles. The van der Waals surface area contributed by atoms with Crippen molar-refractivity contribution in [1.29, 1.82) is 0 Å². The van der Waals surface area contributed by atoms with Gasteiger partial charge in [0.2, 0.25) is 0 Å². The molecule has 0 fully saturated rings. The smallest absolute Gasteiger partial charge is 1.00 e. The summed E-state index contributed by atoms with van der Waals surface area (Å²) in [5, 5.41) is 5.28. The molecule has 0 atom stereocenters. The second kappa shape index (κ2) is 18.7. The summed E-state index contributed by atoms with van der Waals surface area (Å²) in [7, 11) is 3.39. The zero-order valence-electron chi connectivity index (χ0n) is 29.6. The standard InChI is InChI=1S/2C20H21O.C3H6.2ClH.Ti/c2*1-20(2,3)16-12-15-6-5-7-18(19(15)13-16)14-8-10-17(21-4)11-9-14;1-3-2;;;/h2*5-13H,1-4H3;1-3H2;2*1H;/q2*-1;-2;;;+2/p-2. The van der Waals surface area contributed by atoms with Crippen molar-refractivity contribution in [3.05, 3.63) is 134 Å². The van der Waals surface area contributed by atoms with E-state index in [1.807, 2.05) is 24.3 Å². The topological polar surface area (TPSA) is 18.5 Å². The molecule has 0 aliphatic carbocycles. The van der Waals surface area contributed by atoms with Crippen LogP contribution in [0.25, 0.3) is 43.8 Å². The van der Waals surface area contributed by atoms with Crippen LogP contribution >= 0.6 is 0 Å². The van der Waals surface area contributed by atoms with Gasteiger partial charge in [0.05, 0.1) is 14.2 Å². The van der Waals surface area contributed by atoms with E-state index in [0.29, 0.717) is 0 Å². The van der Waals surface area contributed by atoms with E-state index < -0.39 is 0 Å². The second-order valence-electron chi connectivity index (χ2n) is 13.4. The minimum absolute atomic E-state index is 0. The first-order valence-corrected chi connectivity index (χ1v) is 15.7. The van der Waals surface area contributed by atoms with E-state index in [0.717, 1.165) is 17.9 Å². The van der Waals surface area contributed by atoms with Crippen LogP contribution in [0.4, 0.5) is 0 Å². The first-order valence-electron chi connectivity index (χ1n) is 15.7. The summed E-state index contributed by atoms with van der Waals surface area (Å²) in [6.07, 6.45) is 0.750. The van der Waals surface area contributed by atoms with Crippen LogP contribution in [0.2, 0.25) is 0 Å². The third-order valence-electron chi connectivity index (χ3n) is 8.04. The number of hydrogen-bond acceptors (Lipinski definition) is 2. The third kappa shape index (κ3) is 10.5. The predicted octanol–water partition coefficient (Wildman–Crippen LogP) is 6.11. The maximum Gasteiger partial charge on any atom is 2.00 e. The minimum atomic E-state index is 0. The normalized spacial score (nSPS) is 10.7. The van der Waals surface area contributed by atoms with Gasteiger partial charge in [-0.1, -0.05) is 89.1 Å². The zero-order valence-corrected chi connectivity index (χ0v) is 32.7. The molecule has 6 aromatic carbocycles. The molecule has 0 aromatic heterocycles. The Balaban J connectivity index is 0.000000420. The molecule has 0 radical (unpaired) electrons. The van der Waals surface area contributed by atoms with Gasteiger partial charge in [-0.3, -0.25) is 0 Å². The van der Waals surface area contributed by atoms with Crippen LogP contribution in [-0.4, -0.2) is 14.2 Å². The van der Waals surface area contributed by atoms with E-state index in [1.54, 1.807) is 14.2 Å². The van der Waals surface area contributed by atoms with Crippen molar-refractivity contribution in [2.45, 2.75) is 58.8 Å². The van der Waals surface area contributed by atoms with Gasteiger partial charge in [0.1, 0.15) is 11.5 Å². The molecule has 0 aliphatic heterocycles. The predicted molar refractivity (Wildman–Crippen MR) is 196 cm³/mol. The molecule has 0 unspecified atom stereocenters. The number of benzene rings is 4. The molecule has 6 rings (SSSR count). The Bertz CT molecular complexity index is 1680. The second-order valence-corrected chi connectivity index (χ2v) is 13.4. The van der Waals surface area contributed by atoms with Crippen LogP contribution in [-0.2, 0) is 32.5 Å². The molecule has 48 heavy (non-hydrogen) atoms. The molecule has 0 bridgehead atoms. The van der Waals surface area contributed by atoms with Gasteiger partial charge in [-0.15, -0.1) is 69.1 Å². The fourth-order valence-corrected chi connectivity index (χ4v) is 5.38. The van der Waals surface area contributed by atoms with Crippen molar-refractivity contribution in [3.8, 4) is 33.8 Å². The van der Waals surface area contributed by atoms with Crippen molar-refractivity contribution in [3.63, 3.8) is 0 Å². The quantitative estimate of drug-likeness (QED) is 0.162. The van der Waals surface area contributed by atoms with Gasteiger partial charge in [0.25, 0.3) is 0 Å². The first kappa shape index (κ1) is 43.0. The van der Waals surface area contributed by atoms with Gasteiger partial charge in [0.15, 0.2) is 0 Å². The van der Waals surface area contributed by atoms with Crippen LogP contribution in [0.3, 0.4) is 0 Å². The summed E-state index contributed by atoms with van der Waals surface area (Å²) in [5.74, 6) is 1.78. The Morgan fingerprint density at radius 3 is 1.12 bits per heavy atom. The van der Waals surface area contributed by atoms with Crippen LogP contribution in [0.5, 0.6) is 11.5 Å². The van der Waals surface area contributed by atoms with Crippen LogP contribution in [0.15, 0.2) is 109 Å². The zero-order chi connectivity index (χ0) is 32.8. The van der Waals surface area contributed by atoms with Gasteiger partial charge >= 0.3 is 21.7 Å². The van der Waals surface area contributed by atoms with E-state index >= 15 is 0 Å². The van der Waals surface area contributed by atoms with E-state index in [2.05, 4.69) is 140 Å². The molecular weight excluding hydrogens is 667 g/mol. The van der Waals surface area contributed by atoms with Gasteiger partial charge in [-0.05, 0) is 46.2 Å². The Kier molecular flexibility index (Phi) is 16.7. The molecule has 0 heterocycles. The van der Waals surface area contributed by atoms with Crippen LogP contribution < -0.4 is 34.3 Å². The summed E-state index contributed by atoms with van der Waals surface area (Å²) in [6.45, 7) is 20.3. The van der Waals surface area contributed by atoms with Crippen LogP contribution in [0.1, 0.15) is 59.1 Å². The maximum absolute atomic E-state index is 5.24. The van der Waals surface area contributed by atoms with Crippen molar-refractivity contribution >= 4 is 21.5 Å². The number of fused-ring (bicyclic) bond motifs is 2. The monoisotopic (exact) mass is 714 g/mol. The molecule has 0 amide bonds. The molecule has 0 spiro atoms. The molecule has 0 N–H and O–H groups in total. The summed E-state index contributed by atoms with van der Waals surface area (Å²) >= 11 is 0. The van der Waals surface area contributed by atoms with Gasteiger partial charge in [-0.25, -0.2) is 0 Å². The Hall–Kier alpha value is -3.01. The third-order valence-corrected chi connectivity index (χ3v) is 8.04. The summed E-state index contributed by atoms with van der Waals surface area (Å²) < 4.78 is 10.5. The van der Waals surface area contributed by atoms with Crippen LogP contribution in [0, 0.1) is 13.8 Å². The molecule has 254 valence electrons. The Morgan fingerprint density at radius 1 is 0.542 bits per heavy atom. The number of methoxy groups -OCH3 is 2. The Morgan fingerprint density at radius 2 is 0.854 bits per heavy atom. The largest absolute Gasteiger partial charge is 2.00 e. The summed E-state index contributed by atoms with van der Waals surface area (Å²) in [4.78, 5) is 0. The first-order chi connectivity index (χ1) is 21.4. The maximum atomic E-state index is 5.24. The van der Waals surface area contributed by atoms with Crippen molar-refractivity contribution < 1.29 is 56.0 Å². The average molecular weight is 716 g/mol. The van der Waals surface area contributed by atoms with Crippen molar-refractivity contribution in [2.24, 2.45) is 0 Å².